The van der Waals surface area contributed by atoms with E-state index in [0.29, 0.717) is 49.4 Å². The van der Waals surface area contributed by atoms with Gasteiger partial charge in [-0.2, -0.15) is 0 Å². The van der Waals surface area contributed by atoms with E-state index in [0.717, 1.165) is 6.42 Å². The van der Waals surface area contributed by atoms with Crippen molar-refractivity contribution in [3.8, 4) is 5.75 Å². The van der Waals surface area contributed by atoms with Gasteiger partial charge in [-0.1, -0.05) is 36.4 Å². The van der Waals surface area contributed by atoms with Crippen molar-refractivity contribution in [1.29, 1.82) is 0 Å². The van der Waals surface area contributed by atoms with Crippen molar-refractivity contribution in [2.45, 2.75) is 25.8 Å². The Labute approximate surface area is 216 Å². The van der Waals surface area contributed by atoms with E-state index in [1.54, 1.807) is 30.3 Å². The number of allylic oxidation sites excluding steroid dienone is 1. The maximum atomic E-state index is 13.4. The minimum atomic E-state index is -0.691. The molecule has 2 aliphatic heterocycles. The Bertz CT molecular complexity index is 1150. The molecule has 3 N–H and O–H groups in total. The van der Waals surface area contributed by atoms with Crippen LogP contribution in [0.4, 0.5) is 4.39 Å². The van der Waals surface area contributed by atoms with Gasteiger partial charge in [0, 0.05) is 26.2 Å². The number of nitrogens with one attached hydrogen (secondary N) is 3. The molecule has 9 heteroatoms. The maximum Gasteiger partial charge on any atom is 0.255 e. The number of piperidine rings is 1. The van der Waals surface area contributed by atoms with Crippen molar-refractivity contribution in [2.75, 3.05) is 39.3 Å². The van der Waals surface area contributed by atoms with Crippen LogP contribution in [0.1, 0.15) is 35.2 Å². The lowest BCUT2D eigenvalue weighted by Gasteiger charge is -2.41. The Hall–Kier alpha value is -3.72. The maximum absolute atomic E-state index is 13.4. The van der Waals surface area contributed by atoms with Gasteiger partial charge >= 0.3 is 0 Å². The van der Waals surface area contributed by atoms with Crippen LogP contribution in [0, 0.1) is 11.2 Å². The van der Waals surface area contributed by atoms with Crippen LogP contribution in [0.2, 0.25) is 0 Å². The summed E-state index contributed by atoms with van der Waals surface area (Å²) in [5.41, 5.74) is 0.453. The molecule has 4 rings (SSSR count). The largest absolute Gasteiger partial charge is 0.489 e. The molecule has 1 atom stereocenters. The summed E-state index contributed by atoms with van der Waals surface area (Å²) in [6.45, 7) is 2.41. The first kappa shape index (κ1) is 26.3. The molecule has 1 fully saturated rings. The Kier molecular flexibility index (Phi) is 8.90. The molecule has 0 aromatic heterocycles. The number of carbonyl (C=O) groups excluding carboxylic acids is 3. The molecule has 196 valence electrons. The van der Waals surface area contributed by atoms with Gasteiger partial charge < -0.3 is 20.7 Å². The standard InChI is InChI=1S/C28H33FN4O4/c29-22-8-5-7-21(17-22)18-32-25(34)19-33-15-6-12-28(20-33)11-3-4-16-37-24-10-2-1-9-23(24)26(35)30-13-14-31-27(28)36/h1-5,7-10,17H,6,11-16,18-20H2,(H,30,35)(H,31,36)(H,32,34). The number of hydrogen-bond acceptors (Lipinski definition) is 5. The van der Waals surface area contributed by atoms with Crippen molar-refractivity contribution in [1.82, 2.24) is 20.9 Å². The Morgan fingerprint density at radius 1 is 1.08 bits per heavy atom. The number of likely N-dealkylation sites (tertiary alicyclic amines) is 1. The molecule has 3 amide bonds. The highest BCUT2D eigenvalue weighted by Crippen LogP contribution is 2.34. The fourth-order valence-electron chi connectivity index (χ4n) is 4.84. The number of amides is 3. The summed E-state index contributed by atoms with van der Waals surface area (Å²) >= 11 is 0. The third kappa shape index (κ3) is 7.16. The highest BCUT2D eigenvalue weighted by atomic mass is 19.1. The minimum Gasteiger partial charge on any atom is -0.489 e. The molecule has 8 nitrogen and oxygen atoms in total. The molecule has 37 heavy (non-hydrogen) atoms. The second kappa shape index (κ2) is 12.5. The molecule has 0 radical (unpaired) electrons. The highest BCUT2D eigenvalue weighted by Gasteiger charge is 2.41. The van der Waals surface area contributed by atoms with Gasteiger partial charge in [-0.25, -0.2) is 4.39 Å². The summed E-state index contributed by atoms with van der Waals surface area (Å²) < 4.78 is 19.2. The number of hydrogen-bond donors (Lipinski definition) is 3. The van der Waals surface area contributed by atoms with Crippen LogP contribution < -0.4 is 20.7 Å². The number of rotatable bonds is 4. The van der Waals surface area contributed by atoms with E-state index in [1.165, 1.54) is 12.1 Å². The zero-order chi connectivity index (χ0) is 26.1. The molecule has 1 saturated heterocycles. The molecule has 1 unspecified atom stereocenters. The zero-order valence-electron chi connectivity index (χ0n) is 20.8. The van der Waals surface area contributed by atoms with Crippen molar-refractivity contribution in [3.05, 3.63) is 77.6 Å². The van der Waals surface area contributed by atoms with Crippen molar-refractivity contribution >= 4 is 17.7 Å². The van der Waals surface area contributed by atoms with Crippen molar-refractivity contribution < 1.29 is 23.5 Å². The first-order valence-corrected chi connectivity index (χ1v) is 12.6. The van der Waals surface area contributed by atoms with Crippen LogP contribution in [0.3, 0.4) is 0 Å². The van der Waals surface area contributed by atoms with Crippen molar-refractivity contribution in [3.63, 3.8) is 0 Å². The van der Waals surface area contributed by atoms with Crippen molar-refractivity contribution in [2.24, 2.45) is 5.41 Å². The second-order valence-electron chi connectivity index (χ2n) is 9.50. The van der Waals surface area contributed by atoms with Gasteiger partial charge in [-0.3, -0.25) is 19.3 Å². The van der Waals surface area contributed by atoms with Crippen LogP contribution in [0.5, 0.6) is 5.75 Å². The van der Waals surface area contributed by atoms with Gasteiger partial charge in [-0.15, -0.1) is 0 Å². The van der Waals surface area contributed by atoms with E-state index in [-0.39, 0.29) is 49.8 Å². The summed E-state index contributed by atoms with van der Waals surface area (Å²) in [6.07, 6.45) is 5.79. The van der Waals surface area contributed by atoms with Crippen LogP contribution in [0.25, 0.3) is 0 Å². The molecule has 2 aromatic carbocycles. The molecule has 2 aromatic rings. The van der Waals surface area contributed by atoms with E-state index in [1.807, 2.05) is 23.1 Å². The number of benzene rings is 2. The van der Waals surface area contributed by atoms with Gasteiger partial charge in [0.2, 0.25) is 11.8 Å². The quantitative estimate of drug-likeness (QED) is 0.551. The fourth-order valence-corrected chi connectivity index (χ4v) is 4.84. The smallest absolute Gasteiger partial charge is 0.255 e. The van der Waals surface area contributed by atoms with E-state index in [9.17, 15) is 18.8 Å². The molecule has 0 saturated carbocycles. The Morgan fingerprint density at radius 3 is 2.78 bits per heavy atom. The van der Waals surface area contributed by atoms with E-state index >= 15 is 0 Å². The summed E-state index contributed by atoms with van der Waals surface area (Å²) in [6, 6.07) is 13.2. The van der Waals surface area contributed by atoms with Gasteiger partial charge in [-0.05, 0) is 55.6 Å². The number of fused-ring (bicyclic) bond motifs is 1. The van der Waals surface area contributed by atoms with Gasteiger partial charge in [0.15, 0.2) is 0 Å². The normalized spacial score (nSPS) is 21.2. The SMILES string of the molecule is O=C(CN1CCCC2(CC=CCOc3ccccc3C(=O)NCCNC2=O)C1)NCc1cccc(F)c1. The average molecular weight is 509 g/mol. The predicted molar refractivity (Wildman–Crippen MR) is 137 cm³/mol. The fraction of sp³-hybridized carbons (Fsp3) is 0.393. The van der Waals surface area contributed by atoms with Crippen LogP contribution in [-0.2, 0) is 16.1 Å². The topological polar surface area (TPSA) is 99.8 Å². The highest BCUT2D eigenvalue weighted by molar-refractivity contribution is 5.97. The lowest BCUT2D eigenvalue weighted by Crippen LogP contribution is -2.54. The third-order valence-electron chi connectivity index (χ3n) is 6.72. The lowest BCUT2D eigenvalue weighted by molar-refractivity contribution is -0.136. The molecule has 2 aliphatic rings. The number of para-hydroxylation sites is 1. The molecule has 1 spiro atoms. The summed E-state index contributed by atoms with van der Waals surface area (Å²) in [4.78, 5) is 40.5. The first-order valence-electron chi connectivity index (χ1n) is 12.6. The summed E-state index contributed by atoms with van der Waals surface area (Å²) in [5.74, 6) is -0.350. The Balaban J connectivity index is 1.40. The van der Waals surface area contributed by atoms with Gasteiger partial charge in [0.25, 0.3) is 5.91 Å². The number of halogens is 1. The predicted octanol–water partition coefficient (Wildman–Crippen LogP) is 2.41. The number of carbonyl (C=O) groups is 3. The van der Waals surface area contributed by atoms with Gasteiger partial charge in [0.1, 0.15) is 18.2 Å². The average Bonchev–Trinajstić information content (AvgIpc) is 2.89. The lowest BCUT2D eigenvalue weighted by atomic mass is 9.76. The Morgan fingerprint density at radius 2 is 1.92 bits per heavy atom. The monoisotopic (exact) mass is 508 g/mol. The van der Waals surface area contributed by atoms with Gasteiger partial charge in [0.05, 0.1) is 17.5 Å². The van der Waals surface area contributed by atoms with Crippen LogP contribution >= 0.6 is 0 Å². The van der Waals surface area contributed by atoms with E-state index in [2.05, 4.69) is 16.0 Å². The van der Waals surface area contributed by atoms with E-state index < -0.39 is 5.41 Å². The number of nitrogens with zero attached hydrogens (tertiary/aromatic N) is 1. The number of ether oxygens (including phenoxy) is 1. The molecule has 2 heterocycles. The summed E-state index contributed by atoms with van der Waals surface area (Å²) in [7, 11) is 0. The molecule has 0 aliphatic carbocycles. The van der Waals surface area contributed by atoms with Crippen LogP contribution in [0.15, 0.2) is 60.7 Å². The summed E-state index contributed by atoms with van der Waals surface area (Å²) in [5, 5.41) is 8.66. The van der Waals surface area contributed by atoms with Crippen LogP contribution in [-0.4, -0.2) is 62.0 Å². The molecule has 0 bridgehead atoms. The zero-order valence-corrected chi connectivity index (χ0v) is 20.8. The third-order valence-corrected chi connectivity index (χ3v) is 6.72. The molecular weight excluding hydrogens is 475 g/mol. The minimum absolute atomic E-state index is 0.0883. The second-order valence-corrected chi connectivity index (χ2v) is 9.50. The van der Waals surface area contributed by atoms with E-state index in [4.69, 9.17) is 4.74 Å². The first-order chi connectivity index (χ1) is 17.9. The molecular formula is C28H33FN4O4.